The fourth-order valence-corrected chi connectivity index (χ4v) is 2.63. The number of carbonyl (C=O) groups is 2. The number of hydrogen-bond acceptors (Lipinski definition) is 6. The van der Waals surface area contributed by atoms with E-state index in [2.05, 4.69) is 10.3 Å². The summed E-state index contributed by atoms with van der Waals surface area (Å²) in [5.41, 5.74) is 2.24. The highest BCUT2D eigenvalue weighted by atomic mass is 16.5. The zero-order chi connectivity index (χ0) is 19.4. The van der Waals surface area contributed by atoms with Gasteiger partial charge < -0.3 is 15.2 Å². The van der Waals surface area contributed by atoms with Gasteiger partial charge in [-0.2, -0.15) is 0 Å². The Morgan fingerprint density at radius 1 is 1.04 bits per heavy atom. The third-order valence-electron chi connectivity index (χ3n) is 3.98. The van der Waals surface area contributed by atoms with Gasteiger partial charge in [-0.15, -0.1) is 0 Å². The van der Waals surface area contributed by atoms with Crippen molar-refractivity contribution < 1.29 is 19.4 Å². The number of carbonyl (C=O) groups excluding carboxylic acids is 2. The Kier molecular flexibility index (Phi) is 5.17. The summed E-state index contributed by atoms with van der Waals surface area (Å²) in [6.45, 7) is 1.95. The summed E-state index contributed by atoms with van der Waals surface area (Å²) >= 11 is 0. The van der Waals surface area contributed by atoms with Gasteiger partial charge in [-0.1, -0.05) is 24.3 Å². The molecule has 3 rings (SSSR count). The maximum atomic E-state index is 12.7. The topological polar surface area (TPSA) is 88.5 Å². The number of anilines is 2. The van der Waals surface area contributed by atoms with E-state index in [0.29, 0.717) is 0 Å². The summed E-state index contributed by atoms with van der Waals surface area (Å²) in [6.07, 6.45) is 1.36. The maximum Gasteiger partial charge on any atom is 0.341 e. The molecule has 0 bridgehead atoms. The number of para-hydroxylation sites is 1. The van der Waals surface area contributed by atoms with Gasteiger partial charge in [0.25, 0.3) is 0 Å². The smallest absolute Gasteiger partial charge is 0.341 e. The van der Waals surface area contributed by atoms with E-state index < -0.39 is 11.8 Å². The number of phenols is 1. The van der Waals surface area contributed by atoms with Gasteiger partial charge in [0.1, 0.15) is 17.1 Å². The van der Waals surface area contributed by atoms with Crippen molar-refractivity contribution >= 4 is 23.3 Å². The molecule has 0 unspecified atom stereocenters. The van der Waals surface area contributed by atoms with E-state index in [9.17, 15) is 14.7 Å². The van der Waals surface area contributed by atoms with E-state index in [1.807, 2.05) is 31.2 Å². The number of rotatable bonds is 5. The molecule has 0 aliphatic heterocycles. The lowest BCUT2D eigenvalue weighted by molar-refractivity contribution is 0.0601. The van der Waals surface area contributed by atoms with E-state index in [4.69, 9.17) is 4.74 Å². The molecule has 3 aromatic rings. The molecular weight excluding hydrogens is 344 g/mol. The highest BCUT2D eigenvalue weighted by Gasteiger charge is 2.19. The number of hydrogen-bond donors (Lipinski definition) is 2. The number of aromatic hydroxyl groups is 1. The van der Waals surface area contributed by atoms with Gasteiger partial charge in [0.05, 0.1) is 12.7 Å². The second-order valence-electron chi connectivity index (χ2n) is 5.95. The van der Waals surface area contributed by atoms with Crippen LogP contribution in [0.15, 0.2) is 60.8 Å². The monoisotopic (exact) mass is 362 g/mol. The second kappa shape index (κ2) is 7.70. The van der Waals surface area contributed by atoms with Crippen LogP contribution in [0.3, 0.4) is 0 Å². The third kappa shape index (κ3) is 3.95. The first-order valence-corrected chi connectivity index (χ1v) is 8.24. The Bertz CT molecular complexity index is 1010. The van der Waals surface area contributed by atoms with Gasteiger partial charge in [0.15, 0.2) is 5.78 Å². The average molecular weight is 362 g/mol. The van der Waals surface area contributed by atoms with Crippen LogP contribution in [0.1, 0.15) is 31.8 Å². The molecule has 0 aliphatic carbocycles. The van der Waals surface area contributed by atoms with Crippen LogP contribution in [0.25, 0.3) is 0 Å². The van der Waals surface area contributed by atoms with Gasteiger partial charge in [-0.3, -0.25) is 4.79 Å². The van der Waals surface area contributed by atoms with E-state index in [1.54, 1.807) is 12.1 Å². The molecule has 0 amide bonds. The SMILES string of the molecule is COC(=O)c1cc(C(=O)c2ccccc2O)cnc1Nc1cccc(C)c1. The number of pyridine rings is 1. The highest BCUT2D eigenvalue weighted by molar-refractivity contribution is 6.11. The predicted octanol–water partition coefficient (Wildman–Crippen LogP) is 3.86. The first kappa shape index (κ1) is 18.1. The van der Waals surface area contributed by atoms with Crippen LogP contribution >= 0.6 is 0 Å². The van der Waals surface area contributed by atoms with Crippen molar-refractivity contribution in [3.05, 3.63) is 83.0 Å². The Morgan fingerprint density at radius 3 is 2.52 bits per heavy atom. The lowest BCUT2D eigenvalue weighted by atomic mass is 10.0. The minimum atomic E-state index is -0.621. The second-order valence-corrected chi connectivity index (χ2v) is 5.95. The van der Waals surface area contributed by atoms with Crippen LogP contribution in [0.5, 0.6) is 5.75 Å². The number of esters is 1. The number of aromatic nitrogens is 1. The van der Waals surface area contributed by atoms with Crippen LogP contribution in [-0.4, -0.2) is 29.0 Å². The van der Waals surface area contributed by atoms with Crippen molar-refractivity contribution in [1.82, 2.24) is 4.98 Å². The zero-order valence-electron chi connectivity index (χ0n) is 14.9. The molecule has 0 saturated carbocycles. The summed E-state index contributed by atoms with van der Waals surface area (Å²) in [7, 11) is 1.26. The first-order chi connectivity index (χ1) is 13.0. The molecule has 27 heavy (non-hydrogen) atoms. The van der Waals surface area contributed by atoms with Crippen LogP contribution in [0.4, 0.5) is 11.5 Å². The predicted molar refractivity (Wildman–Crippen MR) is 102 cm³/mol. The largest absolute Gasteiger partial charge is 0.507 e. The molecule has 6 nitrogen and oxygen atoms in total. The standard InChI is InChI=1S/C21H18N2O4/c1-13-6-5-7-15(10-13)23-20-17(21(26)27-2)11-14(12-22-20)19(25)16-8-3-4-9-18(16)24/h3-12,24H,1-2H3,(H,22,23). The Balaban J connectivity index is 2.00. The van der Waals surface area contributed by atoms with Crippen LogP contribution < -0.4 is 5.32 Å². The molecule has 2 N–H and O–H groups in total. The molecular formula is C21H18N2O4. The summed E-state index contributed by atoms with van der Waals surface area (Å²) < 4.78 is 4.82. The minimum absolute atomic E-state index is 0.125. The van der Waals surface area contributed by atoms with E-state index in [-0.39, 0.29) is 28.3 Å². The van der Waals surface area contributed by atoms with Crippen LogP contribution in [0.2, 0.25) is 0 Å². The van der Waals surface area contributed by atoms with Crippen molar-refractivity contribution in [3.63, 3.8) is 0 Å². The molecule has 136 valence electrons. The molecule has 0 atom stereocenters. The lowest BCUT2D eigenvalue weighted by Gasteiger charge is -2.12. The van der Waals surface area contributed by atoms with E-state index >= 15 is 0 Å². The van der Waals surface area contributed by atoms with Crippen molar-refractivity contribution in [1.29, 1.82) is 0 Å². The van der Waals surface area contributed by atoms with Gasteiger partial charge in [0.2, 0.25) is 0 Å². The molecule has 1 aromatic heterocycles. The molecule has 0 saturated heterocycles. The molecule has 0 radical (unpaired) electrons. The fourth-order valence-electron chi connectivity index (χ4n) is 2.63. The van der Waals surface area contributed by atoms with E-state index in [1.165, 1.54) is 31.5 Å². The Hall–Kier alpha value is -3.67. The molecule has 0 spiro atoms. The molecule has 6 heteroatoms. The first-order valence-electron chi connectivity index (χ1n) is 8.24. The third-order valence-corrected chi connectivity index (χ3v) is 3.98. The quantitative estimate of drug-likeness (QED) is 0.529. The van der Waals surface area contributed by atoms with E-state index in [0.717, 1.165) is 11.3 Å². The molecule has 0 fully saturated rings. The van der Waals surface area contributed by atoms with Crippen molar-refractivity contribution in [2.45, 2.75) is 6.92 Å². The number of ether oxygens (including phenoxy) is 1. The van der Waals surface area contributed by atoms with Crippen LogP contribution in [-0.2, 0) is 4.74 Å². The highest BCUT2D eigenvalue weighted by Crippen LogP contribution is 2.24. The number of benzene rings is 2. The minimum Gasteiger partial charge on any atom is -0.507 e. The summed E-state index contributed by atoms with van der Waals surface area (Å²) in [4.78, 5) is 29.1. The number of nitrogens with one attached hydrogen (secondary N) is 1. The van der Waals surface area contributed by atoms with Gasteiger partial charge >= 0.3 is 5.97 Å². The number of nitrogens with zero attached hydrogens (tertiary/aromatic N) is 1. The van der Waals surface area contributed by atoms with Gasteiger partial charge in [0, 0.05) is 17.4 Å². The van der Waals surface area contributed by atoms with Crippen molar-refractivity contribution in [2.24, 2.45) is 0 Å². The molecule has 0 aliphatic rings. The normalized spacial score (nSPS) is 10.3. The van der Waals surface area contributed by atoms with Crippen molar-refractivity contribution in [3.8, 4) is 5.75 Å². The van der Waals surface area contributed by atoms with Gasteiger partial charge in [-0.25, -0.2) is 9.78 Å². The Labute approximate surface area is 156 Å². The molecule has 1 heterocycles. The van der Waals surface area contributed by atoms with Gasteiger partial charge in [-0.05, 0) is 42.8 Å². The summed E-state index contributed by atoms with van der Waals surface area (Å²) in [5.74, 6) is -0.914. The molecule has 2 aromatic carbocycles. The van der Waals surface area contributed by atoms with Crippen LogP contribution in [0, 0.1) is 6.92 Å². The number of ketones is 1. The zero-order valence-corrected chi connectivity index (χ0v) is 14.9. The summed E-state index contributed by atoms with van der Waals surface area (Å²) in [6, 6.07) is 15.2. The number of phenolic OH excluding ortho intramolecular Hbond substituents is 1. The number of aryl methyl sites for hydroxylation is 1. The number of methoxy groups -OCH3 is 1. The maximum absolute atomic E-state index is 12.7. The van der Waals surface area contributed by atoms with Crippen molar-refractivity contribution in [2.75, 3.05) is 12.4 Å². The summed E-state index contributed by atoms with van der Waals surface area (Å²) in [5, 5.41) is 13.0. The fraction of sp³-hybridized carbons (Fsp3) is 0.0952. The Morgan fingerprint density at radius 2 is 1.81 bits per heavy atom. The lowest BCUT2D eigenvalue weighted by Crippen LogP contribution is -2.11. The average Bonchev–Trinajstić information content (AvgIpc) is 2.67.